The van der Waals surface area contributed by atoms with Crippen molar-refractivity contribution in [3.8, 4) is 5.75 Å². The number of phenolic OH excluding ortho intramolecular Hbond substituents is 1. The maximum absolute atomic E-state index is 13.4. The molecule has 3 nitrogen and oxygen atoms in total. The molecular formula is C10H11F2NO2. The van der Waals surface area contributed by atoms with Gasteiger partial charge in [0.2, 0.25) is 0 Å². The Balaban J connectivity index is 2.30. The van der Waals surface area contributed by atoms with Crippen LogP contribution < -0.4 is 5.32 Å². The maximum atomic E-state index is 13.4. The van der Waals surface area contributed by atoms with Crippen LogP contribution in [0.5, 0.6) is 5.75 Å². The van der Waals surface area contributed by atoms with Crippen molar-refractivity contribution in [3.05, 3.63) is 29.3 Å². The van der Waals surface area contributed by atoms with Gasteiger partial charge in [-0.25, -0.2) is 8.78 Å². The summed E-state index contributed by atoms with van der Waals surface area (Å²) in [4.78, 5) is 0. The molecule has 1 aromatic carbocycles. The molecule has 5 heteroatoms. The van der Waals surface area contributed by atoms with Crippen molar-refractivity contribution in [1.82, 2.24) is 5.32 Å². The van der Waals surface area contributed by atoms with Gasteiger partial charge in [0.1, 0.15) is 5.82 Å². The zero-order valence-corrected chi connectivity index (χ0v) is 7.96. The minimum Gasteiger partial charge on any atom is -0.505 e. The average molecular weight is 215 g/mol. The zero-order valence-electron chi connectivity index (χ0n) is 7.96. The molecule has 0 amide bonds. The first-order chi connectivity index (χ1) is 7.18. The molecule has 1 fully saturated rings. The van der Waals surface area contributed by atoms with E-state index in [1.165, 1.54) is 0 Å². The van der Waals surface area contributed by atoms with Gasteiger partial charge in [-0.1, -0.05) is 0 Å². The predicted octanol–water partition coefficient (Wildman–Crippen LogP) is 1.33. The van der Waals surface area contributed by atoms with Gasteiger partial charge in [-0.3, -0.25) is 0 Å². The summed E-state index contributed by atoms with van der Waals surface area (Å²) >= 11 is 0. The molecule has 0 radical (unpaired) electrons. The highest BCUT2D eigenvalue weighted by molar-refractivity contribution is 5.31. The maximum Gasteiger partial charge on any atom is 0.165 e. The molecule has 1 heterocycles. The molecule has 1 aliphatic heterocycles. The highest BCUT2D eigenvalue weighted by Crippen LogP contribution is 2.27. The second-order valence-corrected chi connectivity index (χ2v) is 3.39. The fourth-order valence-corrected chi connectivity index (χ4v) is 1.56. The lowest BCUT2D eigenvalue weighted by Gasteiger charge is -2.24. The smallest absolute Gasteiger partial charge is 0.165 e. The molecule has 1 aromatic rings. The number of halogens is 2. The molecule has 15 heavy (non-hydrogen) atoms. The van der Waals surface area contributed by atoms with Gasteiger partial charge in [0, 0.05) is 24.7 Å². The first kappa shape index (κ1) is 10.3. The van der Waals surface area contributed by atoms with E-state index in [0.29, 0.717) is 19.7 Å². The number of ether oxygens (including phenoxy) is 1. The largest absolute Gasteiger partial charge is 0.505 e. The Morgan fingerprint density at radius 1 is 1.33 bits per heavy atom. The minimum absolute atomic E-state index is 0.137. The number of benzene rings is 1. The normalized spacial score (nSPS) is 21.6. The summed E-state index contributed by atoms with van der Waals surface area (Å²) in [6, 6.07) is 1.74. The molecule has 0 spiro atoms. The number of hydrogen-bond acceptors (Lipinski definition) is 3. The number of rotatable bonds is 1. The van der Waals surface area contributed by atoms with E-state index in [4.69, 9.17) is 9.84 Å². The van der Waals surface area contributed by atoms with Crippen molar-refractivity contribution in [2.24, 2.45) is 0 Å². The second kappa shape index (κ2) is 4.12. The Morgan fingerprint density at radius 2 is 2.13 bits per heavy atom. The lowest BCUT2D eigenvalue weighted by atomic mass is 10.1. The zero-order chi connectivity index (χ0) is 10.8. The standard InChI is InChI=1S/C10H11F2NO2/c11-7-4-9(14)8(12)3-6(7)10-5-13-1-2-15-10/h3-4,10,13-14H,1-2,5H2. The van der Waals surface area contributed by atoms with Crippen LogP contribution in [0.3, 0.4) is 0 Å². The lowest BCUT2D eigenvalue weighted by molar-refractivity contribution is 0.0253. The first-order valence-electron chi connectivity index (χ1n) is 4.68. The van der Waals surface area contributed by atoms with Crippen LogP contribution in [0, 0.1) is 11.6 Å². The molecule has 82 valence electrons. The molecule has 0 aliphatic carbocycles. The van der Waals surface area contributed by atoms with Crippen LogP contribution in [0.2, 0.25) is 0 Å². The number of aromatic hydroxyl groups is 1. The van der Waals surface area contributed by atoms with Gasteiger partial charge < -0.3 is 15.2 Å². The van der Waals surface area contributed by atoms with Gasteiger partial charge in [-0.15, -0.1) is 0 Å². The van der Waals surface area contributed by atoms with Gasteiger partial charge in [0.15, 0.2) is 11.6 Å². The van der Waals surface area contributed by atoms with Crippen LogP contribution in [0.1, 0.15) is 11.7 Å². The number of morpholine rings is 1. The summed E-state index contributed by atoms with van der Waals surface area (Å²) in [5, 5.41) is 12.0. The highest BCUT2D eigenvalue weighted by atomic mass is 19.1. The topological polar surface area (TPSA) is 41.5 Å². The van der Waals surface area contributed by atoms with E-state index in [0.717, 1.165) is 12.1 Å². The van der Waals surface area contributed by atoms with Crippen molar-refractivity contribution in [2.45, 2.75) is 6.10 Å². The van der Waals surface area contributed by atoms with Gasteiger partial charge in [0.05, 0.1) is 12.7 Å². The predicted molar refractivity (Wildman–Crippen MR) is 49.6 cm³/mol. The van der Waals surface area contributed by atoms with Crippen molar-refractivity contribution < 1.29 is 18.6 Å². The SMILES string of the molecule is Oc1cc(F)c(C2CNCCO2)cc1F. The Kier molecular flexibility index (Phi) is 2.83. The number of nitrogens with one attached hydrogen (secondary N) is 1. The summed E-state index contributed by atoms with van der Waals surface area (Å²) in [6.45, 7) is 1.62. The van der Waals surface area contributed by atoms with Crippen molar-refractivity contribution >= 4 is 0 Å². The van der Waals surface area contributed by atoms with Crippen molar-refractivity contribution in [1.29, 1.82) is 0 Å². The third kappa shape index (κ3) is 2.08. The summed E-state index contributed by atoms with van der Waals surface area (Å²) < 4.78 is 31.7. The van der Waals surface area contributed by atoms with E-state index in [1.54, 1.807) is 0 Å². The fourth-order valence-electron chi connectivity index (χ4n) is 1.56. The third-order valence-corrected chi connectivity index (χ3v) is 2.34. The Labute approximate surface area is 85.7 Å². The monoisotopic (exact) mass is 215 g/mol. The lowest BCUT2D eigenvalue weighted by Crippen LogP contribution is -2.33. The molecule has 1 aliphatic rings. The van der Waals surface area contributed by atoms with Gasteiger partial charge in [-0.05, 0) is 6.07 Å². The molecule has 0 bridgehead atoms. The third-order valence-electron chi connectivity index (χ3n) is 2.34. The van der Waals surface area contributed by atoms with E-state index in [9.17, 15) is 8.78 Å². The van der Waals surface area contributed by atoms with Crippen molar-refractivity contribution in [3.63, 3.8) is 0 Å². The summed E-state index contributed by atoms with van der Waals surface area (Å²) in [5.74, 6) is -2.16. The van der Waals surface area contributed by atoms with Crippen molar-refractivity contribution in [2.75, 3.05) is 19.7 Å². The summed E-state index contributed by atoms with van der Waals surface area (Å²) in [5.41, 5.74) is 0.137. The van der Waals surface area contributed by atoms with Crippen LogP contribution in [0.4, 0.5) is 8.78 Å². The molecule has 2 rings (SSSR count). The van der Waals surface area contributed by atoms with E-state index >= 15 is 0 Å². The molecule has 1 atom stereocenters. The van der Waals surface area contributed by atoms with Gasteiger partial charge >= 0.3 is 0 Å². The Bertz CT molecular complexity index is 365. The fraction of sp³-hybridized carbons (Fsp3) is 0.400. The molecule has 0 aromatic heterocycles. The van der Waals surface area contributed by atoms with Crippen LogP contribution in [0.25, 0.3) is 0 Å². The Morgan fingerprint density at radius 3 is 2.80 bits per heavy atom. The summed E-state index contributed by atoms with van der Waals surface area (Å²) in [6.07, 6.45) is -0.492. The molecule has 1 unspecified atom stereocenters. The second-order valence-electron chi connectivity index (χ2n) is 3.39. The van der Waals surface area contributed by atoms with Crippen LogP contribution in [0.15, 0.2) is 12.1 Å². The van der Waals surface area contributed by atoms with E-state index in [-0.39, 0.29) is 5.56 Å². The van der Waals surface area contributed by atoms with Crippen LogP contribution >= 0.6 is 0 Å². The molecular weight excluding hydrogens is 204 g/mol. The number of phenols is 1. The molecule has 1 saturated heterocycles. The van der Waals surface area contributed by atoms with E-state index in [2.05, 4.69) is 5.32 Å². The van der Waals surface area contributed by atoms with Crippen LogP contribution in [-0.2, 0) is 4.74 Å². The average Bonchev–Trinajstić information content (AvgIpc) is 2.25. The Hall–Kier alpha value is -1.20. The van der Waals surface area contributed by atoms with Gasteiger partial charge in [-0.2, -0.15) is 0 Å². The minimum atomic E-state index is -0.833. The highest BCUT2D eigenvalue weighted by Gasteiger charge is 2.21. The quantitative estimate of drug-likeness (QED) is 0.742. The first-order valence-corrected chi connectivity index (χ1v) is 4.68. The summed E-state index contributed by atoms with van der Waals surface area (Å²) in [7, 11) is 0. The number of hydrogen-bond donors (Lipinski definition) is 2. The van der Waals surface area contributed by atoms with E-state index in [1.807, 2.05) is 0 Å². The van der Waals surface area contributed by atoms with Gasteiger partial charge in [0.25, 0.3) is 0 Å². The molecule has 0 saturated carbocycles. The molecule has 2 N–H and O–H groups in total. The van der Waals surface area contributed by atoms with Crippen LogP contribution in [-0.4, -0.2) is 24.8 Å². The van der Waals surface area contributed by atoms with E-state index < -0.39 is 23.5 Å².